The molecule has 0 fully saturated rings. The number of ether oxygens (including phenoxy) is 1. The lowest BCUT2D eigenvalue weighted by atomic mass is 10.0. The fourth-order valence-corrected chi connectivity index (χ4v) is 3.04. The zero-order valence-corrected chi connectivity index (χ0v) is 16.7. The van der Waals surface area contributed by atoms with Crippen LogP contribution in [0.25, 0.3) is 0 Å². The van der Waals surface area contributed by atoms with E-state index in [4.69, 9.17) is 4.74 Å². The molecule has 0 radical (unpaired) electrons. The standard InChI is InChI=1S/C22H25FN2O4/c1-14-6-4-7-16(10-14)13-20(22(28)29-3)25-21(27)19(24-15(2)26)12-17-8-5-9-18(23)11-17/h4-11,19-20H,12-13H2,1-3H3,(H,24,26)(H,25,27)/t19-,20+/m0/s1. The first-order valence-corrected chi connectivity index (χ1v) is 9.23. The van der Waals surface area contributed by atoms with E-state index < -0.39 is 35.7 Å². The smallest absolute Gasteiger partial charge is 0.328 e. The Morgan fingerprint density at radius 2 is 1.59 bits per heavy atom. The molecule has 0 heterocycles. The Labute approximate surface area is 169 Å². The van der Waals surface area contributed by atoms with Crippen molar-refractivity contribution in [3.8, 4) is 0 Å². The molecule has 2 amide bonds. The van der Waals surface area contributed by atoms with Gasteiger partial charge < -0.3 is 15.4 Å². The molecule has 0 saturated carbocycles. The molecule has 2 rings (SSSR count). The zero-order chi connectivity index (χ0) is 21.4. The van der Waals surface area contributed by atoms with Crippen LogP contribution in [0.2, 0.25) is 0 Å². The Morgan fingerprint density at radius 3 is 2.17 bits per heavy atom. The zero-order valence-electron chi connectivity index (χ0n) is 16.7. The van der Waals surface area contributed by atoms with E-state index in [0.717, 1.165) is 11.1 Å². The van der Waals surface area contributed by atoms with Gasteiger partial charge >= 0.3 is 5.97 Å². The van der Waals surface area contributed by atoms with Gasteiger partial charge in [-0.3, -0.25) is 9.59 Å². The van der Waals surface area contributed by atoms with E-state index in [9.17, 15) is 18.8 Å². The molecule has 2 aromatic rings. The summed E-state index contributed by atoms with van der Waals surface area (Å²) in [6.07, 6.45) is 0.328. The van der Waals surface area contributed by atoms with E-state index in [1.54, 1.807) is 6.07 Å². The van der Waals surface area contributed by atoms with Gasteiger partial charge in [-0.1, -0.05) is 42.0 Å². The third kappa shape index (κ3) is 7.03. The van der Waals surface area contributed by atoms with Gasteiger partial charge in [-0.15, -0.1) is 0 Å². The van der Waals surface area contributed by atoms with Gasteiger partial charge in [0.15, 0.2) is 0 Å². The Hall–Kier alpha value is -3.22. The van der Waals surface area contributed by atoms with Crippen LogP contribution in [-0.4, -0.2) is 37.0 Å². The van der Waals surface area contributed by atoms with Crippen LogP contribution in [0.1, 0.15) is 23.6 Å². The minimum absolute atomic E-state index is 0.0848. The lowest BCUT2D eigenvalue weighted by molar-refractivity contribution is -0.145. The van der Waals surface area contributed by atoms with E-state index in [2.05, 4.69) is 10.6 Å². The van der Waals surface area contributed by atoms with Crippen molar-refractivity contribution in [2.45, 2.75) is 38.8 Å². The maximum absolute atomic E-state index is 13.5. The Morgan fingerprint density at radius 1 is 0.966 bits per heavy atom. The summed E-state index contributed by atoms with van der Waals surface area (Å²) in [5.41, 5.74) is 2.44. The molecular weight excluding hydrogens is 375 g/mol. The number of hydrogen-bond donors (Lipinski definition) is 2. The van der Waals surface area contributed by atoms with Crippen molar-refractivity contribution in [3.05, 3.63) is 71.0 Å². The Bertz CT molecular complexity index is 885. The van der Waals surface area contributed by atoms with Crippen LogP contribution in [0.5, 0.6) is 0 Å². The summed E-state index contributed by atoms with van der Waals surface area (Å²) in [6.45, 7) is 3.22. The maximum atomic E-state index is 13.5. The van der Waals surface area contributed by atoms with Crippen molar-refractivity contribution in [1.29, 1.82) is 0 Å². The molecule has 0 unspecified atom stereocenters. The van der Waals surface area contributed by atoms with Gasteiger partial charge in [-0.25, -0.2) is 9.18 Å². The third-order valence-corrected chi connectivity index (χ3v) is 4.35. The van der Waals surface area contributed by atoms with Crippen LogP contribution < -0.4 is 10.6 Å². The van der Waals surface area contributed by atoms with Gasteiger partial charge in [0.2, 0.25) is 11.8 Å². The number of hydrogen-bond acceptors (Lipinski definition) is 4. The molecular formula is C22H25FN2O4. The maximum Gasteiger partial charge on any atom is 0.328 e. The van der Waals surface area contributed by atoms with Gasteiger partial charge in [-0.2, -0.15) is 0 Å². The summed E-state index contributed by atoms with van der Waals surface area (Å²) in [6, 6.07) is 11.5. The monoisotopic (exact) mass is 400 g/mol. The summed E-state index contributed by atoms with van der Waals surface area (Å²) in [7, 11) is 1.25. The number of esters is 1. The lowest BCUT2D eigenvalue weighted by Crippen LogP contribution is -2.53. The first-order chi connectivity index (χ1) is 13.8. The summed E-state index contributed by atoms with van der Waals surface area (Å²) in [5, 5.41) is 5.21. The first-order valence-electron chi connectivity index (χ1n) is 9.23. The number of halogens is 1. The van der Waals surface area contributed by atoms with Crippen LogP contribution in [0.4, 0.5) is 4.39 Å². The summed E-state index contributed by atoms with van der Waals surface area (Å²) in [4.78, 5) is 36.6. The van der Waals surface area contributed by atoms with Crippen molar-refractivity contribution < 1.29 is 23.5 Å². The van der Waals surface area contributed by atoms with Crippen molar-refractivity contribution >= 4 is 17.8 Å². The van der Waals surface area contributed by atoms with Crippen molar-refractivity contribution in [2.24, 2.45) is 0 Å². The predicted octanol–water partition coefficient (Wildman–Crippen LogP) is 2.08. The van der Waals surface area contributed by atoms with E-state index in [-0.39, 0.29) is 12.8 Å². The number of rotatable bonds is 8. The van der Waals surface area contributed by atoms with Crippen molar-refractivity contribution in [2.75, 3.05) is 7.11 Å². The molecule has 29 heavy (non-hydrogen) atoms. The highest BCUT2D eigenvalue weighted by Gasteiger charge is 2.27. The van der Waals surface area contributed by atoms with E-state index >= 15 is 0 Å². The number of carbonyl (C=O) groups is 3. The average molecular weight is 400 g/mol. The lowest BCUT2D eigenvalue weighted by Gasteiger charge is -2.22. The largest absolute Gasteiger partial charge is 0.467 e. The molecule has 0 bridgehead atoms. The topological polar surface area (TPSA) is 84.5 Å². The van der Waals surface area contributed by atoms with E-state index in [1.807, 2.05) is 31.2 Å². The molecule has 0 aromatic heterocycles. The number of methoxy groups -OCH3 is 1. The normalized spacial score (nSPS) is 12.6. The number of benzene rings is 2. The number of nitrogens with one attached hydrogen (secondary N) is 2. The first kappa shape index (κ1) is 22.1. The van der Waals surface area contributed by atoms with Crippen molar-refractivity contribution in [3.63, 3.8) is 0 Å². The van der Waals surface area contributed by atoms with Gasteiger partial charge in [0.1, 0.15) is 17.9 Å². The summed E-state index contributed by atoms with van der Waals surface area (Å²) >= 11 is 0. The number of aryl methyl sites for hydroxylation is 1. The molecule has 7 heteroatoms. The van der Waals surface area contributed by atoms with Crippen LogP contribution in [0, 0.1) is 12.7 Å². The van der Waals surface area contributed by atoms with Gasteiger partial charge in [0.25, 0.3) is 0 Å². The fourth-order valence-electron chi connectivity index (χ4n) is 3.04. The van der Waals surface area contributed by atoms with E-state index in [0.29, 0.717) is 5.56 Å². The summed E-state index contributed by atoms with van der Waals surface area (Å²) in [5.74, 6) is -1.98. The fraction of sp³-hybridized carbons (Fsp3) is 0.318. The highest BCUT2D eigenvalue weighted by Crippen LogP contribution is 2.10. The Balaban J connectivity index is 2.17. The molecule has 0 aliphatic heterocycles. The average Bonchev–Trinajstić information content (AvgIpc) is 2.66. The van der Waals surface area contributed by atoms with Gasteiger partial charge in [0, 0.05) is 19.8 Å². The van der Waals surface area contributed by atoms with Crippen LogP contribution in [-0.2, 0) is 32.0 Å². The molecule has 0 spiro atoms. The highest BCUT2D eigenvalue weighted by atomic mass is 19.1. The van der Waals surface area contributed by atoms with Crippen molar-refractivity contribution in [1.82, 2.24) is 10.6 Å². The highest BCUT2D eigenvalue weighted by molar-refractivity contribution is 5.90. The molecule has 0 saturated heterocycles. The SMILES string of the molecule is COC(=O)[C@@H](Cc1cccc(C)c1)NC(=O)[C@H](Cc1cccc(F)c1)NC(C)=O. The van der Waals surface area contributed by atoms with Gasteiger partial charge in [0.05, 0.1) is 7.11 Å². The van der Waals surface area contributed by atoms with Crippen LogP contribution >= 0.6 is 0 Å². The molecule has 0 aliphatic carbocycles. The molecule has 6 nitrogen and oxygen atoms in total. The van der Waals surface area contributed by atoms with Crippen LogP contribution in [0.3, 0.4) is 0 Å². The van der Waals surface area contributed by atoms with Crippen LogP contribution in [0.15, 0.2) is 48.5 Å². The molecule has 2 atom stereocenters. The summed E-state index contributed by atoms with van der Waals surface area (Å²) < 4.78 is 18.3. The number of amides is 2. The second-order valence-electron chi connectivity index (χ2n) is 6.86. The van der Waals surface area contributed by atoms with E-state index in [1.165, 1.54) is 32.2 Å². The second-order valence-corrected chi connectivity index (χ2v) is 6.86. The minimum atomic E-state index is -0.959. The minimum Gasteiger partial charge on any atom is -0.467 e. The predicted molar refractivity (Wildman–Crippen MR) is 107 cm³/mol. The Kier molecular flexibility index (Phi) is 7.88. The molecule has 154 valence electrons. The number of carbonyl (C=O) groups excluding carboxylic acids is 3. The van der Waals surface area contributed by atoms with Gasteiger partial charge in [-0.05, 0) is 30.2 Å². The third-order valence-electron chi connectivity index (χ3n) is 4.35. The quantitative estimate of drug-likeness (QED) is 0.665. The molecule has 2 N–H and O–H groups in total. The molecule has 2 aromatic carbocycles. The second kappa shape index (κ2) is 10.4. The molecule has 0 aliphatic rings.